The number of aromatic nitrogens is 1. The number of aromatic amines is 1. The Morgan fingerprint density at radius 1 is 1.17 bits per heavy atom. The summed E-state index contributed by atoms with van der Waals surface area (Å²) < 4.78 is 0. The quantitative estimate of drug-likeness (QED) is 0.660. The number of hydrogen-bond acceptors (Lipinski definition) is 4. The zero-order valence-corrected chi connectivity index (χ0v) is 17.2. The minimum absolute atomic E-state index is 0.0855. The van der Waals surface area contributed by atoms with E-state index in [0.717, 1.165) is 19.3 Å². The first-order valence-corrected chi connectivity index (χ1v) is 10.2. The molecule has 0 bridgehead atoms. The van der Waals surface area contributed by atoms with Crippen molar-refractivity contribution in [3.05, 3.63) is 45.9 Å². The summed E-state index contributed by atoms with van der Waals surface area (Å²) in [5.74, 6) is -0.974. The minimum Gasteiger partial charge on any atom is -0.351 e. The molecule has 1 fully saturated rings. The van der Waals surface area contributed by atoms with Crippen molar-refractivity contribution in [3.8, 4) is 0 Å². The fourth-order valence-electron chi connectivity index (χ4n) is 4.38. The molecule has 7 heteroatoms. The van der Waals surface area contributed by atoms with Crippen molar-refractivity contribution < 1.29 is 14.4 Å². The van der Waals surface area contributed by atoms with Crippen LogP contribution in [0.25, 0.3) is 0 Å². The number of pyridine rings is 1. The molecule has 0 saturated heterocycles. The Morgan fingerprint density at radius 3 is 2.52 bits per heavy atom. The molecule has 1 aromatic rings. The first-order valence-electron chi connectivity index (χ1n) is 10.2. The lowest BCUT2D eigenvalue weighted by atomic mass is 9.75. The number of Topliss-reactive ketones (excluding diaryl/α,β-unsaturated/α-hetero) is 1. The van der Waals surface area contributed by atoms with E-state index >= 15 is 0 Å². The summed E-state index contributed by atoms with van der Waals surface area (Å²) in [6.07, 6.45) is 6.16. The smallest absolute Gasteiger partial charge is 0.261 e. The van der Waals surface area contributed by atoms with Gasteiger partial charge < -0.3 is 15.6 Å². The van der Waals surface area contributed by atoms with E-state index in [9.17, 15) is 19.2 Å². The summed E-state index contributed by atoms with van der Waals surface area (Å²) in [5, 5.41) is 5.59. The maximum Gasteiger partial charge on any atom is 0.261 e. The molecule has 0 radical (unpaired) electrons. The highest BCUT2D eigenvalue weighted by molar-refractivity contribution is 6.03. The molecule has 0 spiro atoms. The zero-order chi connectivity index (χ0) is 21.2. The molecule has 2 amide bonds. The van der Waals surface area contributed by atoms with Gasteiger partial charge in [0.2, 0.25) is 5.91 Å². The highest BCUT2D eigenvalue weighted by Crippen LogP contribution is 2.33. The van der Waals surface area contributed by atoms with Crippen LogP contribution in [0.4, 0.5) is 0 Å². The van der Waals surface area contributed by atoms with Crippen LogP contribution in [-0.2, 0) is 11.2 Å². The first kappa shape index (κ1) is 21.0. The zero-order valence-electron chi connectivity index (χ0n) is 17.2. The predicted octanol–water partition coefficient (Wildman–Crippen LogP) is 2.26. The SMILES string of the molecule is C=CCNC(=O)C1(NC(=O)c2cc3c([nH]c2=O)CC(C)(C)CC3=O)CCCCC1. The molecule has 1 heterocycles. The van der Waals surface area contributed by atoms with Crippen molar-refractivity contribution in [2.24, 2.45) is 5.41 Å². The van der Waals surface area contributed by atoms with Gasteiger partial charge in [0.05, 0.1) is 0 Å². The number of hydrogen-bond donors (Lipinski definition) is 3. The number of ketones is 1. The van der Waals surface area contributed by atoms with E-state index in [1.54, 1.807) is 6.08 Å². The molecular formula is C22H29N3O4. The second kappa shape index (κ2) is 7.97. The molecule has 29 heavy (non-hydrogen) atoms. The number of H-pyrrole nitrogens is 1. The summed E-state index contributed by atoms with van der Waals surface area (Å²) in [4.78, 5) is 53.6. The van der Waals surface area contributed by atoms with Crippen LogP contribution in [0.3, 0.4) is 0 Å². The normalized spacial score (nSPS) is 19.7. The van der Waals surface area contributed by atoms with Gasteiger partial charge in [-0.1, -0.05) is 39.2 Å². The Balaban J connectivity index is 1.90. The van der Waals surface area contributed by atoms with E-state index in [-0.39, 0.29) is 22.7 Å². The third-order valence-corrected chi connectivity index (χ3v) is 5.86. The van der Waals surface area contributed by atoms with Crippen LogP contribution < -0.4 is 16.2 Å². The maximum atomic E-state index is 13.0. The van der Waals surface area contributed by atoms with Crippen molar-refractivity contribution in [1.82, 2.24) is 15.6 Å². The standard InChI is InChI=1S/C22H29N3O4/c1-4-10-23-20(29)22(8-6-5-7-9-22)25-19(28)15-11-14-16(24-18(15)27)12-21(2,3)13-17(14)26/h4,11H,1,5-10,12-13H2,2-3H3,(H,23,29)(H,24,27)(H,25,28). The number of nitrogens with one attached hydrogen (secondary N) is 3. The van der Waals surface area contributed by atoms with Gasteiger partial charge in [-0.3, -0.25) is 19.2 Å². The van der Waals surface area contributed by atoms with Crippen LogP contribution in [0.1, 0.15) is 78.8 Å². The van der Waals surface area contributed by atoms with Crippen molar-refractivity contribution in [3.63, 3.8) is 0 Å². The summed E-state index contributed by atoms with van der Waals surface area (Å²) in [6.45, 7) is 7.85. The van der Waals surface area contributed by atoms with Gasteiger partial charge >= 0.3 is 0 Å². The summed E-state index contributed by atoms with van der Waals surface area (Å²) in [6, 6.07) is 1.39. The van der Waals surface area contributed by atoms with Crippen molar-refractivity contribution in [2.45, 2.75) is 64.3 Å². The molecule has 0 aliphatic heterocycles. The lowest BCUT2D eigenvalue weighted by Gasteiger charge is -2.36. The molecule has 0 aromatic carbocycles. The van der Waals surface area contributed by atoms with Crippen molar-refractivity contribution >= 4 is 17.6 Å². The molecule has 2 aliphatic carbocycles. The Kier molecular flexibility index (Phi) is 5.78. The average molecular weight is 399 g/mol. The van der Waals surface area contributed by atoms with Crippen LogP contribution in [0.5, 0.6) is 0 Å². The molecule has 2 aliphatic rings. The predicted molar refractivity (Wildman–Crippen MR) is 110 cm³/mol. The highest BCUT2D eigenvalue weighted by atomic mass is 16.2. The lowest BCUT2D eigenvalue weighted by Crippen LogP contribution is -2.60. The number of carbonyl (C=O) groups excluding carboxylic acids is 3. The van der Waals surface area contributed by atoms with Crippen molar-refractivity contribution in [1.29, 1.82) is 0 Å². The topological polar surface area (TPSA) is 108 Å². The Hall–Kier alpha value is -2.70. The Bertz CT molecular complexity index is 907. The molecule has 156 valence electrons. The fraction of sp³-hybridized carbons (Fsp3) is 0.545. The monoisotopic (exact) mass is 399 g/mol. The Morgan fingerprint density at radius 2 is 1.86 bits per heavy atom. The van der Waals surface area contributed by atoms with Crippen molar-refractivity contribution in [2.75, 3.05) is 6.54 Å². The van der Waals surface area contributed by atoms with Crippen LogP contribution in [0, 0.1) is 5.41 Å². The van der Waals surface area contributed by atoms with Crippen LogP contribution in [-0.4, -0.2) is 34.7 Å². The van der Waals surface area contributed by atoms with Crippen LogP contribution in [0.15, 0.2) is 23.5 Å². The van der Waals surface area contributed by atoms with E-state index in [4.69, 9.17) is 0 Å². The second-order valence-corrected chi connectivity index (χ2v) is 8.94. The molecule has 7 nitrogen and oxygen atoms in total. The molecule has 0 unspecified atom stereocenters. The second-order valence-electron chi connectivity index (χ2n) is 8.94. The lowest BCUT2D eigenvalue weighted by molar-refractivity contribution is -0.128. The van der Waals surface area contributed by atoms with Gasteiger partial charge in [0.1, 0.15) is 11.1 Å². The third-order valence-electron chi connectivity index (χ3n) is 5.86. The number of rotatable bonds is 5. The van der Waals surface area contributed by atoms with Gasteiger partial charge in [0.25, 0.3) is 11.5 Å². The third kappa shape index (κ3) is 4.33. The van der Waals surface area contributed by atoms with E-state index in [2.05, 4.69) is 22.2 Å². The highest BCUT2D eigenvalue weighted by Gasteiger charge is 2.41. The van der Waals surface area contributed by atoms with Gasteiger partial charge in [-0.05, 0) is 30.7 Å². The van der Waals surface area contributed by atoms with E-state index < -0.39 is 17.0 Å². The minimum atomic E-state index is -1.05. The van der Waals surface area contributed by atoms with E-state index in [1.165, 1.54) is 6.07 Å². The summed E-state index contributed by atoms with van der Waals surface area (Å²) in [7, 11) is 0. The largest absolute Gasteiger partial charge is 0.351 e. The molecule has 3 N–H and O–H groups in total. The fourth-order valence-corrected chi connectivity index (χ4v) is 4.38. The molecule has 0 atom stereocenters. The van der Waals surface area contributed by atoms with Gasteiger partial charge in [0, 0.05) is 24.2 Å². The number of fused-ring (bicyclic) bond motifs is 1. The molecule has 3 rings (SSSR count). The summed E-state index contributed by atoms with van der Waals surface area (Å²) >= 11 is 0. The van der Waals surface area contributed by atoms with Crippen LogP contribution >= 0.6 is 0 Å². The maximum absolute atomic E-state index is 13.0. The Labute approximate surface area is 170 Å². The number of carbonyl (C=O) groups is 3. The van der Waals surface area contributed by atoms with Gasteiger partial charge in [-0.15, -0.1) is 6.58 Å². The van der Waals surface area contributed by atoms with Gasteiger partial charge in [0.15, 0.2) is 5.78 Å². The first-order chi connectivity index (χ1) is 13.7. The average Bonchev–Trinajstić information content (AvgIpc) is 2.65. The van der Waals surface area contributed by atoms with Gasteiger partial charge in [-0.25, -0.2) is 0 Å². The number of amides is 2. The van der Waals surface area contributed by atoms with Gasteiger partial charge in [-0.2, -0.15) is 0 Å². The molecular weight excluding hydrogens is 370 g/mol. The molecule has 1 aromatic heterocycles. The van der Waals surface area contributed by atoms with E-state index in [1.807, 2.05) is 13.8 Å². The van der Waals surface area contributed by atoms with Crippen LogP contribution in [0.2, 0.25) is 0 Å². The van der Waals surface area contributed by atoms with E-state index in [0.29, 0.717) is 43.5 Å². The molecule has 1 saturated carbocycles. The summed E-state index contributed by atoms with van der Waals surface area (Å²) in [5.41, 5.74) is -0.979.